The summed E-state index contributed by atoms with van der Waals surface area (Å²) in [7, 11) is 0. The second kappa shape index (κ2) is 7.02. The fourth-order valence-corrected chi connectivity index (χ4v) is 2.19. The summed E-state index contributed by atoms with van der Waals surface area (Å²) in [6.45, 7) is 6.30. The predicted octanol–water partition coefficient (Wildman–Crippen LogP) is 3.10. The third-order valence-corrected chi connectivity index (χ3v) is 3.50. The molecule has 1 heterocycles. The molecule has 5 heteroatoms. The van der Waals surface area contributed by atoms with Crippen LogP contribution in [0.3, 0.4) is 0 Å². The first-order valence-corrected chi connectivity index (χ1v) is 7.31. The normalized spacial score (nSPS) is 10.9. The molecule has 0 saturated carbocycles. The van der Waals surface area contributed by atoms with E-state index in [1.807, 2.05) is 45.0 Å². The molecule has 21 heavy (non-hydrogen) atoms. The Kier molecular flexibility index (Phi) is 5.09. The zero-order valence-electron chi connectivity index (χ0n) is 12.7. The van der Waals surface area contributed by atoms with Gasteiger partial charge in [-0.15, -0.1) is 10.2 Å². The van der Waals surface area contributed by atoms with E-state index in [1.165, 1.54) is 0 Å². The fourth-order valence-electron chi connectivity index (χ4n) is 2.19. The van der Waals surface area contributed by atoms with Crippen molar-refractivity contribution in [2.24, 2.45) is 5.92 Å². The Morgan fingerprint density at radius 2 is 2.05 bits per heavy atom. The largest absolute Gasteiger partial charge is 0.419 e. The fraction of sp³-hybridized carbons (Fsp3) is 0.438. The van der Waals surface area contributed by atoms with E-state index >= 15 is 0 Å². The van der Waals surface area contributed by atoms with Gasteiger partial charge in [0, 0.05) is 11.5 Å². The minimum atomic E-state index is 0.0373. The van der Waals surface area contributed by atoms with E-state index in [1.54, 1.807) is 0 Å². The van der Waals surface area contributed by atoms with Gasteiger partial charge in [-0.1, -0.05) is 31.5 Å². The van der Waals surface area contributed by atoms with Crippen molar-refractivity contribution in [3.05, 3.63) is 35.7 Å². The molecule has 0 atom stereocenters. The van der Waals surface area contributed by atoms with Crippen LogP contribution in [0, 0.1) is 12.8 Å². The van der Waals surface area contributed by atoms with Gasteiger partial charge in [-0.2, -0.15) is 0 Å². The van der Waals surface area contributed by atoms with E-state index in [-0.39, 0.29) is 18.4 Å². The van der Waals surface area contributed by atoms with Crippen LogP contribution < -0.4 is 5.32 Å². The van der Waals surface area contributed by atoms with Crippen LogP contribution in [0.1, 0.15) is 38.1 Å². The highest BCUT2D eigenvalue weighted by Crippen LogP contribution is 2.18. The number of amides is 1. The maximum absolute atomic E-state index is 11.9. The maximum atomic E-state index is 11.9. The van der Waals surface area contributed by atoms with Crippen LogP contribution in [0.5, 0.6) is 0 Å². The smallest absolute Gasteiger partial charge is 0.247 e. The third-order valence-electron chi connectivity index (χ3n) is 3.50. The number of rotatable bonds is 6. The average Bonchev–Trinajstić information content (AvgIpc) is 2.95. The molecule has 0 radical (unpaired) electrons. The molecule has 1 N–H and O–H groups in total. The molecule has 0 bridgehead atoms. The van der Waals surface area contributed by atoms with Gasteiger partial charge < -0.3 is 9.73 Å². The zero-order chi connectivity index (χ0) is 15.2. The average molecular weight is 287 g/mol. The quantitative estimate of drug-likeness (QED) is 0.886. The van der Waals surface area contributed by atoms with Gasteiger partial charge in [0.25, 0.3) is 0 Å². The highest BCUT2D eigenvalue weighted by atomic mass is 16.4. The molecule has 0 spiro atoms. The Labute approximate surface area is 124 Å². The first kappa shape index (κ1) is 15.2. The topological polar surface area (TPSA) is 68.0 Å². The van der Waals surface area contributed by atoms with Crippen molar-refractivity contribution >= 4 is 5.91 Å². The van der Waals surface area contributed by atoms with Crippen LogP contribution >= 0.6 is 0 Å². The lowest BCUT2D eigenvalue weighted by Crippen LogP contribution is -2.29. The maximum Gasteiger partial charge on any atom is 0.247 e. The van der Waals surface area contributed by atoms with E-state index < -0.39 is 0 Å². The van der Waals surface area contributed by atoms with Crippen LogP contribution in [0.2, 0.25) is 0 Å². The minimum absolute atomic E-state index is 0.0373. The molecule has 112 valence electrons. The van der Waals surface area contributed by atoms with Crippen molar-refractivity contribution in [2.45, 2.75) is 40.2 Å². The Balaban J connectivity index is 1.99. The second-order valence-electron chi connectivity index (χ2n) is 5.10. The molecule has 2 aromatic rings. The Morgan fingerprint density at radius 3 is 2.71 bits per heavy atom. The molecule has 5 nitrogen and oxygen atoms in total. The van der Waals surface area contributed by atoms with Crippen molar-refractivity contribution in [3.63, 3.8) is 0 Å². The molecule has 1 aromatic heterocycles. The molecular formula is C16H21N3O2. The number of nitrogens with zero attached hydrogens (tertiary/aromatic N) is 2. The van der Waals surface area contributed by atoms with Gasteiger partial charge in [0.05, 0.1) is 6.54 Å². The standard InChI is InChI=1S/C16H21N3O2/c1-4-12(5-2)15(20)17-10-14-18-19-16(21-14)13-8-6-7-11(3)9-13/h6-9,12H,4-5,10H2,1-3H3,(H,17,20). The van der Waals surface area contributed by atoms with E-state index in [2.05, 4.69) is 15.5 Å². The van der Waals surface area contributed by atoms with Crippen LogP contribution in [-0.2, 0) is 11.3 Å². The molecule has 0 fully saturated rings. The van der Waals surface area contributed by atoms with Gasteiger partial charge in [0.15, 0.2) is 0 Å². The van der Waals surface area contributed by atoms with E-state index in [9.17, 15) is 4.79 Å². The second-order valence-corrected chi connectivity index (χ2v) is 5.10. The lowest BCUT2D eigenvalue weighted by molar-refractivity contribution is -0.125. The summed E-state index contributed by atoms with van der Waals surface area (Å²) in [5, 5.41) is 10.8. The molecule has 0 aliphatic heterocycles. The molecule has 0 unspecified atom stereocenters. The van der Waals surface area contributed by atoms with E-state index in [0.29, 0.717) is 11.8 Å². The first-order valence-electron chi connectivity index (χ1n) is 7.31. The lowest BCUT2D eigenvalue weighted by Gasteiger charge is -2.10. The number of carbonyl (C=O) groups excluding carboxylic acids is 1. The van der Waals surface area contributed by atoms with Crippen molar-refractivity contribution in [1.29, 1.82) is 0 Å². The van der Waals surface area contributed by atoms with Gasteiger partial charge in [-0.3, -0.25) is 4.79 Å². The van der Waals surface area contributed by atoms with E-state index in [4.69, 9.17) is 4.42 Å². The number of aromatic nitrogens is 2. The molecule has 0 aliphatic carbocycles. The number of benzene rings is 1. The molecule has 0 saturated heterocycles. The van der Waals surface area contributed by atoms with Crippen molar-refractivity contribution in [1.82, 2.24) is 15.5 Å². The summed E-state index contributed by atoms with van der Waals surface area (Å²) in [4.78, 5) is 11.9. The Hall–Kier alpha value is -2.17. The minimum Gasteiger partial charge on any atom is -0.419 e. The molecular weight excluding hydrogens is 266 g/mol. The molecule has 2 rings (SSSR count). The van der Waals surface area contributed by atoms with Crippen LogP contribution in [0.15, 0.2) is 28.7 Å². The summed E-state index contributed by atoms with van der Waals surface area (Å²) in [5.74, 6) is 0.982. The SMILES string of the molecule is CCC(CC)C(=O)NCc1nnc(-c2cccc(C)c2)o1. The summed E-state index contributed by atoms with van der Waals surface area (Å²) in [6, 6.07) is 7.87. The van der Waals surface area contributed by atoms with Gasteiger partial charge >= 0.3 is 0 Å². The Morgan fingerprint density at radius 1 is 1.29 bits per heavy atom. The third kappa shape index (κ3) is 3.90. The van der Waals surface area contributed by atoms with Gasteiger partial charge in [-0.25, -0.2) is 0 Å². The van der Waals surface area contributed by atoms with E-state index in [0.717, 1.165) is 24.0 Å². The summed E-state index contributed by atoms with van der Waals surface area (Å²) < 4.78 is 5.59. The highest BCUT2D eigenvalue weighted by molar-refractivity contribution is 5.78. The number of nitrogens with one attached hydrogen (secondary N) is 1. The summed E-state index contributed by atoms with van der Waals surface area (Å²) in [6.07, 6.45) is 1.67. The van der Waals surface area contributed by atoms with Crippen LogP contribution in [0.4, 0.5) is 0 Å². The molecule has 0 aliphatic rings. The summed E-state index contributed by atoms with van der Waals surface area (Å²) >= 11 is 0. The van der Waals surface area contributed by atoms with Crippen LogP contribution in [0.25, 0.3) is 11.5 Å². The first-order chi connectivity index (χ1) is 10.1. The van der Waals surface area contributed by atoms with Crippen molar-refractivity contribution in [2.75, 3.05) is 0 Å². The number of aryl methyl sites for hydroxylation is 1. The van der Waals surface area contributed by atoms with Gasteiger partial charge in [-0.05, 0) is 31.9 Å². The molecule has 1 amide bonds. The van der Waals surface area contributed by atoms with Crippen LogP contribution in [-0.4, -0.2) is 16.1 Å². The lowest BCUT2D eigenvalue weighted by atomic mass is 10.0. The zero-order valence-corrected chi connectivity index (χ0v) is 12.7. The van der Waals surface area contributed by atoms with Crippen molar-refractivity contribution in [3.8, 4) is 11.5 Å². The Bertz CT molecular complexity index is 603. The number of hydrogen-bond acceptors (Lipinski definition) is 4. The summed E-state index contributed by atoms with van der Waals surface area (Å²) in [5.41, 5.74) is 2.02. The number of carbonyl (C=O) groups is 1. The monoisotopic (exact) mass is 287 g/mol. The van der Waals surface area contributed by atoms with Crippen molar-refractivity contribution < 1.29 is 9.21 Å². The molecule has 1 aromatic carbocycles. The number of hydrogen-bond donors (Lipinski definition) is 1. The van der Waals surface area contributed by atoms with Gasteiger partial charge in [0.2, 0.25) is 17.7 Å². The predicted molar refractivity (Wildman–Crippen MR) is 80.4 cm³/mol. The highest BCUT2D eigenvalue weighted by Gasteiger charge is 2.15. The van der Waals surface area contributed by atoms with Gasteiger partial charge in [0.1, 0.15) is 0 Å².